The number of rotatable bonds is 1. The molecule has 3 aromatic rings. The van der Waals surface area contributed by atoms with Crippen LogP contribution in [0, 0.1) is 13.8 Å². The van der Waals surface area contributed by atoms with E-state index in [-0.39, 0.29) is 5.28 Å². The molecule has 0 aliphatic carbocycles. The van der Waals surface area contributed by atoms with Crippen LogP contribution in [0.15, 0.2) is 30.6 Å². The van der Waals surface area contributed by atoms with Gasteiger partial charge in [-0.15, -0.1) is 0 Å². The summed E-state index contributed by atoms with van der Waals surface area (Å²) in [6, 6.07) is 6.32. The normalized spacial score (nSPS) is 11.1. The lowest BCUT2D eigenvalue weighted by Gasteiger charge is -2.03. The van der Waals surface area contributed by atoms with Crippen molar-refractivity contribution in [3.63, 3.8) is 0 Å². The number of hydrogen-bond donors (Lipinski definition) is 1. The van der Waals surface area contributed by atoms with Crippen LogP contribution in [0.1, 0.15) is 11.1 Å². The van der Waals surface area contributed by atoms with Gasteiger partial charge in [-0.25, -0.2) is 9.97 Å². The van der Waals surface area contributed by atoms with Crippen molar-refractivity contribution < 1.29 is 0 Å². The number of aromatic nitrogens is 3. The van der Waals surface area contributed by atoms with Crippen LogP contribution in [0.4, 0.5) is 0 Å². The first kappa shape index (κ1) is 11.2. The van der Waals surface area contributed by atoms with E-state index in [4.69, 9.17) is 11.6 Å². The number of nitrogens with one attached hydrogen (secondary N) is 1. The van der Waals surface area contributed by atoms with Gasteiger partial charge in [0.2, 0.25) is 5.28 Å². The topological polar surface area (TPSA) is 41.6 Å². The van der Waals surface area contributed by atoms with Gasteiger partial charge in [-0.05, 0) is 42.6 Å². The summed E-state index contributed by atoms with van der Waals surface area (Å²) in [5, 5.41) is 1.43. The first-order valence-corrected chi connectivity index (χ1v) is 6.10. The molecule has 0 unspecified atom stereocenters. The highest BCUT2D eigenvalue weighted by atomic mass is 35.5. The minimum absolute atomic E-state index is 0.275. The maximum atomic E-state index is 5.88. The molecule has 18 heavy (non-hydrogen) atoms. The summed E-state index contributed by atoms with van der Waals surface area (Å²) in [5.41, 5.74) is 5.30. The SMILES string of the molecule is Cc1ccc2c(-c3nc(Cl)ncc3C)c[nH]c2c1. The van der Waals surface area contributed by atoms with E-state index in [1.807, 2.05) is 13.1 Å². The van der Waals surface area contributed by atoms with Crippen LogP contribution in [0.3, 0.4) is 0 Å². The van der Waals surface area contributed by atoms with Gasteiger partial charge >= 0.3 is 0 Å². The molecule has 3 rings (SSSR count). The predicted molar refractivity (Wildman–Crippen MR) is 73.8 cm³/mol. The largest absolute Gasteiger partial charge is 0.360 e. The van der Waals surface area contributed by atoms with Gasteiger partial charge in [0.05, 0.1) is 5.69 Å². The zero-order valence-corrected chi connectivity index (χ0v) is 10.9. The van der Waals surface area contributed by atoms with Crippen molar-refractivity contribution >= 4 is 22.5 Å². The second-order valence-corrected chi connectivity index (χ2v) is 4.76. The molecular formula is C14H12ClN3. The van der Waals surface area contributed by atoms with Gasteiger partial charge in [0, 0.05) is 28.9 Å². The third-order valence-corrected chi connectivity index (χ3v) is 3.22. The number of halogens is 1. The summed E-state index contributed by atoms with van der Waals surface area (Å²) in [7, 11) is 0. The van der Waals surface area contributed by atoms with Crippen molar-refractivity contribution in [1.82, 2.24) is 15.0 Å². The third-order valence-electron chi connectivity index (χ3n) is 3.03. The fraction of sp³-hybridized carbons (Fsp3) is 0.143. The lowest BCUT2D eigenvalue weighted by Crippen LogP contribution is -1.90. The van der Waals surface area contributed by atoms with E-state index in [1.54, 1.807) is 6.20 Å². The Morgan fingerprint density at radius 2 is 2.06 bits per heavy atom. The summed E-state index contributed by atoms with van der Waals surface area (Å²) in [6.07, 6.45) is 3.72. The molecule has 0 radical (unpaired) electrons. The van der Waals surface area contributed by atoms with Crippen molar-refractivity contribution in [3.8, 4) is 11.3 Å². The molecule has 0 amide bonds. The molecule has 1 aromatic carbocycles. The molecule has 0 bridgehead atoms. The summed E-state index contributed by atoms with van der Waals surface area (Å²) >= 11 is 5.88. The van der Waals surface area contributed by atoms with Gasteiger partial charge < -0.3 is 4.98 Å². The molecule has 0 fully saturated rings. The molecule has 90 valence electrons. The molecule has 0 spiro atoms. The lowest BCUT2D eigenvalue weighted by atomic mass is 10.1. The molecule has 2 heterocycles. The van der Waals surface area contributed by atoms with Crippen molar-refractivity contribution in [3.05, 3.63) is 47.0 Å². The quantitative estimate of drug-likeness (QED) is 0.672. The fourth-order valence-electron chi connectivity index (χ4n) is 2.13. The number of H-pyrrole nitrogens is 1. The molecule has 0 saturated heterocycles. The van der Waals surface area contributed by atoms with Crippen molar-refractivity contribution in [2.24, 2.45) is 0 Å². The van der Waals surface area contributed by atoms with Crippen LogP contribution in [-0.2, 0) is 0 Å². The van der Waals surface area contributed by atoms with Crippen LogP contribution >= 0.6 is 11.6 Å². The lowest BCUT2D eigenvalue weighted by molar-refractivity contribution is 1.14. The fourth-order valence-corrected chi connectivity index (χ4v) is 2.26. The molecular weight excluding hydrogens is 246 g/mol. The third kappa shape index (κ3) is 1.77. The minimum atomic E-state index is 0.275. The Labute approximate surface area is 110 Å². The first-order valence-electron chi connectivity index (χ1n) is 5.72. The molecule has 0 aliphatic heterocycles. The first-order chi connectivity index (χ1) is 8.65. The van der Waals surface area contributed by atoms with E-state index in [9.17, 15) is 0 Å². The van der Waals surface area contributed by atoms with E-state index in [0.29, 0.717) is 0 Å². The summed E-state index contributed by atoms with van der Waals surface area (Å²) < 4.78 is 0. The molecule has 0 atom stereocenters. The maximum Gasteiger partial charge on any atom is 0.222 e. The summed E-state index contributed by atoms with van der Waals surface area (Å²) in [4.78, 5) is 11.6. The number of nitrogens with zero attached hydrogens (tertiary/aromatic N) is 2. The molecule has 3 nitrogen and oxygen atoms in total. The number of aryl methyl sites for hydroxylation is 2. The number of benzene rings is 1. The molecule has 1 N–H and O–H groups in total. The Morgan fingerprint density at radius 1 is 1.22 bits per heavy atom. The van der Waals surface area contributed by atoms with Crippen LogP contribution in [0.5, 0.6) is 0 Å². The van der Waals surface area contributed by atoms with E-state index in [0.717, 1.165) is 27.7 Å². The Kier molecular flexibility index (Phi) is 2.56. The van der Waals surface area contributed by atoms with Crippen LogP contribution in [0.25, 0.3) is 22.2 Å². The number of aromatic amines is 1. The Morgan fingerprint density at radius 3 is 2.89 bits per heavy atom. The smallest absolute Gasteiger partial charge is 0.222 e. The van der Waals surface area contributed by atoms with Crippen LogP contribution < -0.4 is 0 Å². The van der Waals surface area contributed by atoms with Crippen LogP contribution in [0.2, 0.25) is 5.28 Å². The highest BCUT2D eigenvalue weighted by Crippen LogP contribution is 2.30. The minimum Gasteiger partial charge on any atom is -0.360 e. The zero-order chi connectivity index (χ0) is 12.7. The molecule has 0 saturated carbocycles. The molecule has 4 heteroatoms. The van der Waals surface area contributed by atoms with E-state index < -0.39 is 0 Å². The summed E-state index contributed by atoms with van der Waals surface area (Å²) in [6.45, 7) is 4.06. The molecule has 2 aromatic heterocycles. The van der Waals surface area contributed by atoms with Gasteiger partial charge in [-0.1, -0.05) is 12.1 Å². The van der Waals surface area contributed by atoms with Crippen LogP contribution in [-0.4, -0.2) is 15.0 Å². The van der Waals surface area contributed by atoms with Gasteiger partial charge in [0.25, 0.3) is 0 Å². The molecule has 0 aliphatic rings. The van der Waals surface area contributed by atoms with E-state index >= 15 is 0 Å². The number of hydrogen-bond acceptors (Lipinski definition) is 2. The van der Waals surface area contributed by atoms with E-state index in [1.165, 1.54) is 5.56 Å². The Balaban J connectivity index is 2.28. The number of fused-ring (bicyclic) bond motifs is 1. The highest BCUT2D eigenvalue weighted by molar-refractivity contribution is 6.28. The highest BCUT2D eigenvalue weighted by Gasteiger charge is 2.11. The Hall–Kier alpha value is -1.87. The van der Waals surface area contributed by atoms with Gasteiger partial charge in [-0.2, -0.15) is 0 Å². The van der Waals surface area contributed by atoms with Crippen molar-refractivity contribution in [1.29, 1.82) is 0 Å². The predicted octanol–water partition coefficient (Wildman–Crippen LogP) is 3.90. The standard InChI is InChI=1S/C14H12ClN3/c1-8-3-4-10-11(7-16-12(10)5-8)13-9(2)6-17-14(15)18-13/h3-7,16H,1-2H3. The second-order valence-electron chi connectivity index (χ2n) is 4.42. The van der Waals surface area contributed by atoms with Gasteiger partial charge in [-0.3, -0.25) is 0 Å². The maximum absolute atomic E-state index is 5.88. The van der Waals surface area contributed by atoms with Crippen molar-refractivity contribution in [2.45, 2.75) is 13.8 Å². The zero-order valence-electron chi connectivity index (χ0n) is 10.2. The van der Waals surface area contributed by atoms with E-state index in [2.05, 4.69) is 40.1 Å². The second kappa shape index (κ2) is 4.10. The average Bonchev–Trinajstić information content (AvgIpc) is 2.75. The summed E-state index contributed by atoms with van der Waals surface area (Å²) in [5.74, 6) is 0. The van der Waals surface area contributed by atoms with Gasteiger partial charge in [0.1, 0.15) is 0 Å². The Bertz CT molecular complexity index is 731. The van der Waals surface area contributed by atoms with Gasteiger partial charge in [0.15, 0.2) is 0 Å². The average molecular weight is 258 g/mol. The van der Waals surface area contributed by atoms with Crippen molar-refractivity contribution in [2.75, 3.05) is 0 Å². The monoisotopic (exact) mass is 257 g/mol.